The molecule has 3 rings (SSSR count). The molecule has 1 amide bonds. The van der Waals surface area contributed by atoms with E-state index in [-0.39, 0.29) is 11.9 Å². The van der Waals surface area contributed by atoms with E-state index in [0.717, 1.165) is 24.4 Å². The monoisotopic (exact) mass is 287 g/mol. The summed E-state index contributed by atoms with van der Waals surface area (Å²) in [5.41, 5.74) is 9.14. The van der Waals surface area contributed by atoms with E-state index in [1.165, 1.54) is 0 Å². The summed E-state index contributed by atoms with van der Waals surface area (Å²) in [6.45, 7) is 7.36. The fraction of sp³-hybridized carbons (Fsp3) is 0.533. The van der Waals surface area contributed by atoms with Crippen molar-refractivity contribution in [3.05, 3.63) is 29.2 Å². The van der Waals surface area contributed by atoms with E-state index in [4.69, 9.17) is 5.73 Å². The summed E-state index contributed by atoms with van der Waals surface area (Å²) in [4.78, 5) is 19.0. The van der Waals surface area contributed by atoms with Crippen molar-refractivity contribution in [2.24, 2.45) is 11.7 Å². The lowest BCUT2D eigenvalue weighted by molar-refractivity contribution is 0.0674. The maximum atomic E-state index is 12.7. The molecule has 2 N–H and O–H groups in total. The molecule has 2 atom stereocenters. The summed E-state index contributed by atoms with van der Waals surface area (Å²) < 4.78 is 1.72. The van der Waals surface area contributed by atoms with Gasteiger partial charge in [-0.05, 0) is 32.3 Å². The number of rotatable bonds is 1. The number of hydrogen-bond acceptors (Lipinski definition) is 4. The molecule has 1 aliphatic rings. The Labute approximate surface area is 123 Å². The predicted octanol–water partition coefficient (Wildman–Crippen LogP) is 1.16. The zero-order chi connectivity index (χ0) is 15.1. The minimum absolute atomic E-state index is 0.0233. The maximum Gasteiger partial charge on any atom is 0.259 e. The summed E-state index contributed by atoms with van der Waals surface area (Å²) in [5, 5.41) is 4.28. The molecule has 0 radical (unpaired) electrons. The van der Waals surface area contributed by atoms with Crippen molar-refractivity contribution in [3.8, 4) is 0 Å². The van der Waals surface area contributed by atoms with Crippen LogP contribution in [0.5, 0.6) is 0 Å². The molecule has 2 unspecified atom stereocenters. The normalized spacial score (nSPS) is 22.8. The number of amides is 1. The molecular formula is C15H21N5O. The highest BCUT2D eigenvalue weighted by atomic mass is 16.2. The zero-order valence-corrected chi connectivity index (χ0v) is 12.7. The van der Waals surface area contributed by atoms with Crippen LogP contribution in [0.2, 0.25) is 0 Å². The Bertz CT molecular complexity index is 693. The Kier molecular flexibility index (Phi) is 3.41. The van der Waals surface area contributed by atoms with Crippen molar-refractivity contribution >= 4 is 11.6 Å². The van der Waals surface area contributed by atoms with Crippen molar-refractivity contribution in [2.45, 2.75) is 33.2 Å². The Morgan fingerprint density at radius 3 is 2.90 bits per heavy atom. The minimum atomic E-state index is -0.0233. The second kappa shape index (κ2) is 5.11. The van der Waals surface area contributed by atoms with Gasteiger partial charge in [0, 0.05) is 30.5 Å². The van der Waals surface area contributed by atoms with Gasteiger partial charge in [-0.1, -0.05) is 6.92 Å². The van der Waals surface area contributed by atoms with Gasteiger partial charge in [0.15, 0.2) is 5.65 Å². The molecule has 1 aliphatic heterocycles. The van der Waals surface area contributed by atoms with Crippen LogP contribution in [0.3, 0.4) is 0 Å². The van der Waals surface area contributed by atoms with Crippen molar-refractivity contribution in [2.75, 3.05) is 13.1 Å². The molecule has 0 aliphatic carbocycles. The lowest BCUT2D eigenvalue weighted by Crippen LogP contribution is -2.49. The van der Waals surface area contributed by atoms with Crippen molar-refractivity contribution in [1.29, 1.82) is 0 Å². The third-order valence-electron chi connectivity index (χ3n) is 4.31. The molecule has 1 fully saturated rings. The summed E-state index contributed by atoms with van der Waals surface area (Å²) in [5.74, 6) is 0.436. The number of carbonyl (C=O) groups excluding carboxylic acids is 1. The standard InChI is InChI=1S/C15H21N5O/c1-9-4-5-19(8-13(9)16)15(21)12-7-17-20-11(3)6-10(2)18-14(12)20/h6-7,9,13H,4-5,8,16H2,1-3H3. The fourth-order valence-electron chi connectivity index (χ4n) is 2.88. The fourth-order valence-corrected chi connectivity index (χ4v) is 2.88. The first kappa shape index (κ1) is 14.0. The van der Waals surface area contributed by atoms with Crippen LogP contribution in [0, 0.1) is 19.8 Å². The lowest BCUT2D eigenvalue weighted by Gasteiger charge is -2.34. The number of likely N-dealkylation sites (tertiary alicyclic amines) is 1. The Morgan fingerprint density at radius 1 is 1.43 bits per heavy atom. The SMILES string of the molecule is Cc1cc(C)n2ncc(C(=O)N3CCC(C)C(N)C3)c2n1. The first-order valence-electron chi connectivity index (χ1n) is 7.34. The molecule has 3 heterocycles. The van der Waals surface area contributed by atoms with Crippen LogP contribution >= 0.6 is 0 Å². The zero-order valence-electron chi connectivity index (χ0n) is 12.7. The van der Waals surface area contributed by atoms with E-state index in [2.05, 4.69) is 17.0 Å². The molecule has 0 aromatic carbocycles. The Hall–Kier alpha value is -1.95. The molecule has 0 spiro atoms. The molecule has 21 heavy (non-hydrogen) atoms. The van der Waals surface area contributed by atoms with Gasteiger partial charge in [-0.15, -0.1) is 0 Å². The summed E-state index contributed by atoms with van der Waals surface area (Å²) in [6, 6.07) is 1.99. The number of nitrogens with zero attached hydrogens (tertiary/aromatic N) is 4. The quantitative estimate of drug-likeness (QED) is 0.853. The summed E-state index contributed by atoms with van der Waals surface area (Å²) in [6.07, 6.45) is 2.55. The topological polar surface area (TPSA) is 76.5 Å². The Morgan fingerprint density at radius 2 is 2.19 bits per heavy atom. The van der Waals surface area contributed by atoms with Crippen LogP contribution in [-0.2, 0) is 0 Å². The van der Waals surface area contributed by atoms with E-state index in [1.807, 2.05) is 24.8 Å². The molecule has 112 valence electrons. The number of fused-ring (bicyclic) bond motifs is 1. The van der Waals surface area contributed by atoms with Crippen LogP contribution in [-0.4, -0.2) is 44.5 Å². The number of carbonyl (C=O) groups is 1. The predicted molar refractivity (Wildman–Crippen MR) is 80.1 cm³/mol. The lowest BCUT2D eigenvalue weighted by atomic mass is 9.94. The van der Waals surface area contributed by atoms with Gasteiger partial charge in [0.25, 0.3) is 5.91 Å². The molecule has 6 heteroatoms. The van der Waals surface area contributed by atoms with Gasteiger partial charge in [0.05, 0.1) is 6.20 Å². The Balaban J connectivity index is 1.95. The van der Waals surface area contributed by atoms with Crippen LogP contribution in [0.25, 0.3) is 5.65 Å². The van der Waals surface area contributed by atoms with Gasteiger partial charge in [0.1, 0.15) is 5.56 Å². The van der Waals surface area contributed by atoms with E-state index < -0.39 is 0 Å². The van der Waals surface area contributed by atoms with Crippen LogP contribution < -0.4 is 5.73 Å². The largest absolute Gasteiger partial charge is 0.337 e. The highest BCUT2D eigenvalue weighted by Crippen LogP contribution is 2.20. The second-order valence-corrected chi connectivity index (χ2v) is 6.01. The smallest absolute Gasteiger partial charge is 0.259 e. The third-order valence-corrected chi connectivity index (χ3v) is 4.31. The molecule has 6 nitrogen and oxygen atoms in total. The summed E-state index contributed by atoms with van der Waals surface area (Å²) >= 11 is 0. The van der Waals surface area contributed by atoms with E-state index in [0.29, 0.717) is 23.7 Å². The maximum absolute atomic E-state index is 12.7. The third kappa shape index (κ3) is 2.40. The number of aromatic nitrogens is 3. The van der Waals surface area contributed by atoms with Crippen LogP contribution in [0.15, 0.2) is 12.3 Å². The van der Waals surface area contributed by atoms with Gasteiger partial charge in [-0.3, -0.25) is 4.79 Å². The molecule has 2 aromatic heterocycles. The molecule has 2 aromatic rings. The first-order chi connectivity index (χ1) is 9.97. The van der Waals surface area contributed by atoms with E-state index >= 15 is 0 Å². The van der Waals surface area contributed by atoms with Gasteiger partial charge < -0.3 is 10.6 Å². The molecule has 0 saturated carbocycles. The average Bonchev–Trinajstić information content (AvgIpc) is 2.85. The second-order valence-electron chi connectivity index (χ2n) is 6.01. The van der Waals surface area contributed by atoms with Crippen LogP contribution in [0.4, 0.5) is 0 Å². The van der Waals surface area contributed by atoms with Gasteiger partial charge in [-0.25, -0.2) is 9.50 Å². The number of aryl methyl sites for hydroxylation is 2. The van der Waals surface area contributed by atoms with Gasteiger partial charge in [-0.2, -0.15) is 5.10 Å². The van der Waals surface area contributed by atoms with E-state index in [9.17, 15) is 4.79 Å². The molecule has 0 bridgehead atoms. The summed E-state index contributed by atoms with van der Waals surface area (Å²) in [7, 11) is 0. The van der Waals surface area contributed by atoms with Crippen molar-refractivity contribution in [3.63, 3.8) is 0 Å². The number of nitrogens with two attached hydrogens (primary N) is 1. The van der Waals surface area contributed by atoms with Crippen molar-refractivity contribution in [1.82, 2.24) is 19.5 Å². The van der Waals surface area contributed by atoms with Gasteiger partial charge in [0.2, 0.25) is 0 Å². The number of piperidine rings is 1. The van der Waals surface area contributed by atoms with Crippen LogP contribution in [0.1, 0.15) is 35.1 Å². The van der Waals surface area contributed by atoms with E-state index in [1.54, 1.807) is 10.7 Å². The first-order valence-corrected chi connectivity index (χ1v) is 7.34. The molecular weight excluding hydrogens is 266 g/mol. The highest BCUT2D eigenvalue weighted by Gasteiger charge is 2.28. The van der Waals surface area contributed by atoms with Gasteiger partial charge >= 0.3 is 0 Å². The minimum Gasteiger partial charge on any atom is -0.337 e. The number of hydrogen-bond donors (Lipinski definition) is 1. The molecule has 1 saturated heterocycles. The highest BCUT2D eigenvalue weighted by molar-refractivity contribution is 5.99. The average molecular weight is 287 g/mol. The van der Waals surface area contributed by atoms with Crippen molar-refractivity contribution < 1.29 is 4.79 Å².